The predicted octanol–water partition coefficient (Wildman–Crippen LogP) is 5.42. The number of nitro groups is 1. The molecular weight excluding hydrogens is 473 g/mol. The number of rotatable bonds is 7. The zero-order valence-corrected chi connectivity index (χ0v) is 18.9. The number of benzene rings is 3. The minimum Gasteiger partial charge on any atom is -0.497 e. The van der Waals surface area contributed by atoms with Crippen LogP contribution in [0, 0.1) is 10.1 Å². The average molecular weight is 490 g/mol. The minimum absolute atomic E-state index is 0.00752. The molecule has 0 fully saturated rings. The van der Waals surface area contributed by atoms with E-state index < -0.39 is 16.7 Å². The largest absolute Gasteiger partial charge is 0.497 e. The molecule has 0 aliphatic heterocycles. The third-order valence-corrected chi connectivity index (χ3v) is 5.03. The maximum absolute atomic E-state index is 13.1. The van der Waals surface area contributed by atoms with Gasteiger partial charge in [-0.2, -0.15) is 0 Å². The van der Waals surface area contributed by atoms with Crippen molar-refractivity contribution in [2.75, 3.05) is 24.9 Å². The van der Waals surface area contributed by atoms with Crippen molar-refractivity contribution >= 4 is 52.1 Å². The molecule has 3 aromatic rings. The number of halogens is 2. The Morgan fingerprint density at radius 3 is 2.36 bits per heavy atom. The van der Waals surface area contributed by atoms with Crippen LogP contribution in [-0.2, 0) is 0 Å². The second kappa shape index (κ2) is 10.2. The van der Waals surface area contributed by atoms with Crippen molar-refractivity contribution in [3.8, 4) is 11.5 Å². The number of nitrogens with one attached hydrogen (secondary N) is 2. The molecule has 0 saturated carbocycles. The molecule has 3 rings (SSSR count). The molecule has 3 aromatic carbocycles. The van der Waals surface area contributed by atoms with Gasteiger partial charge >= 0.3 is 0 Å². The van der Waals surface area contributed by atoms with Gasteiger partial charge in [0.25, 0.3) is 17.5 Å². The molecule has 0 aromatic heterocycles. The highest BCUT2D eigenvalue weighted by molar-refractivity contribution is 6.38. The molecule has 0 atom stereocenters. The van der Waals surface area contributed by atoms with E-state index in [2.05, 4.69) is 10.6 Å². The molecule has 170 valence electrons. The van der Waals surface area contributed by atoms with Crippen LogP contribution >= 0.6 is 23.2 Å². The lowest BCUT2D eigenvalue weighted by atomic mass is 10.1. The van der Waals surface area contributed by atoms with Crippen LogP contribution in [0.25, 0.3) is 0 Å². The van der Waals surface area contributed by atoms with Crippen molar-refractivity contribution < 1.29 is 24.0 Å². The Hall–Kier alpha value is -3.82. The Bertz CT molecular complexity index is 1250. The maximum atomic E-state index is 13.1. The smallest absolute Gasteiger partial charge is 0.270 e. The molecule has 0 bridgehead atoms. The summed E-state index contributed by atoms with van der Waals surface area (Å²) < 4.78 is 10.4. The number of nitro benzene ring substituents is 1. The molecule has 0 aliphatic carbocycles. The summed E-state index contributed by atoms with van der Waals surface area (Å²) in [6.07, 6.45) is 0. The van der Waals surface area contributed by atoms with Gasteiger partial charge in [0, 0.05) is 28.8 Å². The number of methoxy groups -OCH3 is 2. The fourth-order valence-corrected chi connectivity index (χ4v) is 3.46. The number of non-ortho nitro benzene ring substituents is 1. The molecule has 9 nitrogen and oxygen atoms in total. The molecule has 0 radical (unpaired) electrons. The Morgan fingerprint density at radius 1 is 0.939 bits per heavy atom. The van der Waals surface area contributed by atoms with Crippen molar-refractivity contribution in [2.24, 2.45) is 0 Å². The first-order chi connectivity index (χ1) is 15.7. The molecule has 0 aliphatic rings. The van der Waals surface area contributed by atoms with Crippen LogP contribution in [0.4, 0.5) is 17.1 Å². The van der Waals surface area contributed by atoms with Gasteiger partial charge in [-0.1, -0.05) is 29.3 Å². The molecule has 11 heteroatoms. The van der Waals surface area contributed by atoms with Crippen molar-refractivity contribution in [1.29, 1.82) is 0 Å². The number of ether oxygens (including phenoxy) is 2. The highest BCUT2D eigenvalue weighted by Crippen LogP contribution is 2.33. The fraction of sp³-hybridized carbons (Fsp3) is 0.0909. The molecular formula is C22H17Cl2N3O6. The van der Waals surface area contributed by atoms with Gasteiger partial charge in [-0.15, -0.1) is 0 Å². The van der Waals surface area contributed by atoms with Gasteiger partial charge in [0.05, 0.1) is 41.1 Å². The number of anilines is 2. The Kier molecular flexibility index (Phi) is 7.37. The van der Waals surface area contributed by atoms with E-state index in [0.717, 1.165) is 6.07 Å². The summed E-state index contributed by atoms with van der Waals surface area (Å²) in [5, 5.41) is 16.4. The van der Waals surface area contributed by atoms with E-state index in [1.54, 1.807) is 18.2 Å². The summed E-state index contributed by atoms with van der Waals surface area (Å²) >= 11 is 12.3. The predicted molar refractivity (Wildman–Crippen MR) is 125 cm³/mol. The van der Waals surface area contributed by atoms with Gasteiger partial charge in [0.1, 0.15) is 11.5 Å². The number of amides is 2. The molecule has 2 N–H and O–H groups in total. The quantitative estimate of drug-likeness (QED) is 0.337. The number of nitrogens with zero attached hydrogens (tertiary/aromatic N) is 1. The molecule has 2 amide bonds. The van der Waals surface area contributed by atoms with Crippen molar-refractivity contribution in [2.45, 2.75) is 0 Å². The van der Waals surface area contributed by atoms with E-state index in [0.29, 0.717) is 17.2 Å². The van der Waals surface area contributed by atoms with Gasteiger partial charge in [0.15, 0.2) is 0 Å². The lowest BCUT2D eigenvalue weighted by Crippen LogP contribution is -2.19. The van der Waals surface area contributed by atoms with E-state index in [4.69, 9.17) is 32.7 Å². The van der Waals surface area contributed by atoms with E-state index >= 15 is 0 Å². The van der Waals surface area contributed by atoms with Crippen molar-refractivity contribution in [3.05, 3.63) is 85.9 Å². The molecule has 0 unspecified atom stereocenters. The van der Waals surface area contributed by atoms with E-state index in [1.165, 1.54) is 44.6 Å². The van der Waals surface area contributed by atoms with Crippen LogP contribution in [0.15, 0.2) is 54.6 Å². The van der Waals surface area contributed by atoms with Crippen LogP contribution in [0.1, 0.15) is 20.7 Å². The summed E-state index contributed by atoms with van der Waals surface area (Å²) in [4.78, 5) is 36.2. The van der Waals surface area contributed by atoms with Crippen LogP contribution in [0.5, 0.6) is 11.5 Å². The summed E-state index contributed by atoms with van der Waals surface area (Å²) in [6, 6.07) is 12.6. The minimum atomic E-state index is -0.695. The lowest BCUT2D eigenvalue weighted by Gasteiger charge is -2.15. The fourth-order valence-electron chi connectivity index (χ4n) is 2.92. The Balaban J connectivity index is 1.94. The van der Waals surface area contributed by atoms with Gasteiger partial charge in [-0.3, -0.25) is 19.7 Å². The van der Waals surface area contributed by atoms with Crippen LogP contribution in [0.3, 0.4) is 0 Å². The number of carbonyl (C=O) groups is 2. The van der Waals surface area contributed by atoms with Crippen molar-refractivity contribution in [1.82, 2.24) is 0 Å². The maximum Gasteiger partial charge on any atom is 0.270 e. The lowest BCUT2D eigenvalue weighted by molar-refractivity contribution is -0.384. The third kappa shape index (κ3) is 5.51. The molecule has 33 heavy (non-hydrogen) atoms. The summed E-state index contributed by atoms with van der Waals surface area (Å²) in [5.41, 5.74) is 0.0647. The third-order valence-electron chi connectivity index (χ3n) is 4.51. The van der Waals surface area contributed by atoms with Gasteiger partial charge in [-0.25, -0.2) is 0 Å². The van der Waals surface area contributed by atoms with Crippen LogP contribution in [0.2, 0.25) is 10.0 Å². The van der Waals surface area contributed by atoms with Gasteiger partial charge < -0.3 is 20.1 Å². The number of hydrogen-bond donors (Lipinski definition) is 2. The standard InChI is InChI=1S/C22H17Cl2N3O6/c1-32-15-6-7-18(19(11-15)33-2)25-22(29)16-9-13(23)10-17(24)20(16)26-21(28)12-4-3-5-14(8-12)27(30)31/h3-11H,1-2H3,(H,25,29)(H,26,28). The molecule has 0 heterocycles. The summed E-state index contributed by atoms with van der Waals surface area (Å²) in [5.74, 6) is -0.449. The van der Waals surface area contributed by atoms with E-state index in [9.17, 15) is 19.7 Å². The summed E-state index contributed by atoms with van der Waals surface area (Å²) in [7, 11) is 2.93. The topological polar surface area (TPSA) is 120 Å². The highest BCUT2D eigenvalue weighted by Gasteiger charge is 2.21. The second-order valence-electron chi connectivity index (χ2n) is 6.59. The van der Waals surface area contributed by atoms with E-state index in [-0.39, 0.29) is 32.5 Å². The number of carbonyl (C=O) groups excluding carboxylic acids is 2. The first kappa shape index (κ1) is 23.8. The van der Waals surface area contributed by atoms with Crippen LogP contribution in [-0.4, -0.2) is 31.0 Å². The van der Waals surface area contributed by atoms with E-state index in [1.807, 2.05) is 0 Å². The first-order valence-electron chi connectivity index (χ1n) is 9.31. The molecule has 0 spiro atoms. The summed E-state index contributed by atoms with van der Waals surface area (Å²) in [6.45, 7) is 0. The highest BCUT2D eigenvalue weighted by atomic mass is 35.5. The second-order valence-corrected chi connectivity index (χ2v) is 7.44. The molecule has 0 saturated heterocycles. The van der Waals surface area contributed by atoms with Crippen molar-refractivity contribution in [3.63, 3.8) is 0 Å². The normalized spacial score (nSPS) is 10.3. The van der Waals surface area contributed by atoms with Crippen LogP contribution < -0.4 is 20.1 Å². The Morgan fingerprint density at radius 2 is 1.70 bits per heavy atom. The van der Waals surface area contributed by atoms with Gasteiger partial charge in [-0.05, 0) is 30.3 Å². The number of hydrogen-bond acceptors (Lipinski definition) is 6. The Labute approximate surface area is 198 Å². The SMILES string of the molecule is COc1ccc(NC(=O)c2cc(Cl)cc(Cl)c2NC(=O)c2cccc([N+](=O)[O-])c2)c(OC)c1. The zero-order valence-electron chi connectivity index (χ0n) is 17.3. The first-order valence-corrected chi connectivity index (χ1v) is 10.1. The zero-order chi connectivity index (χ0) is 24.1. The average Bonchev–Trinajstić information content (AvgIpc) is 2.80. The monoisotopic (exact) mass is 489 g/mol. The van der Waals surface area contributed by atoms with Gasteiger partial charge in [0.2, 0.25) is 0 Å².